The third-order valence-electron chi connectivity index (χ3n) is 7.31. The van der Waals surface area contributed by atoms with Gasteiger partial charge in [0.25, 0.3) is 15.9 Å². The van der Waals surface area contributed by atoms with E-state index in [2.05, 4.69) is 0 Å². The highest BCUT2D eigenvalue weighted by molar-refractivity contribution is 7.92. The summed E-state index contributed by atoms with van der Waals surface area (Å²) in [5, 5.41) is 0. The van der Waals surface area contributed by atoms with E-state index in [0.29, 0.717) is 24.2 Å². The summed E-state index contributed by atoms with van der Waals surface area (Å²) in [4.78, 5) is 15.4. The zero-order valence-corrected chi connectivity index (χ0v) is 23.8. The zero-order valence-electron chi connectivity index (χ0n) is 22.1. The molecule has 0 unspecified atom stereocenters. The van der Waals surface area contributed by atoms with Crippen LogP contribution in [0, 0.1) is 13.8 Å². The molecule has 2 heterocycles. The molecule has 0 saturated carbocycles. The van der Waals surface area contributed by atoms with Gasteiger partial charge in [-0.3, -0.25) is 9.10 Å². The van der Waals surface area contributed by atoms with E-state index in [4.69, 9.17) is 4.74 Å². The van der Waals surface area contributed by atoms with Crippen molar-refractivity contribution >= 4 is 31.6 Å². The van der Waals surface area contributed by atoms with Crippen LogP contribution in [-0.2, 0) is 26.5 Å². The molecule has 5 rings (SSSR count). The average molecular weight is 570 g/mol. The minimum atomic E-state index is -3.91. The lowest BCUT2D eigenvalue weighted by molar-refractivity contribution is 0.0694. The van der Waals surface area contributed by atoms with Gasteiger partial charge in [0.1, 0.15) is 5.75 Å². The Balaban J connectivity index is 1.37. The highest BCUT2D eigenvalue weighted by Gasteiger charge is 2.34. The summed E-state index contributed by atoms with van der Waals surface area (Å²) in [7, 11) is -6.20. The molecular weight excluding hydrogens is 538 g/mol. The van der Waals surface area contributed by atoms with E-state index in [0.717, 1.165) is 11.1 Å². The number of hydrogen-bond donors (Lipinski definition) is 0. The molecule has 0 aromatic heterocycles. The van der Waals surface area contributed by atoms with Crippen LogP contribution >= 0.6 is 0 Å². The van der Waals surface area contributed by atoms with Gasteiger partial charge in [0.2, 0.25) is 10.0 Å². The molecule has 0 bridgehead atoms. The van der Waals surface area contributed by atoms with E-state index in [9.17, 15) is 21.6 Å². The summed E-state index contributed by atoms with van der Waals surface area (Å²) in [6, 6.07) is 16.9. The number of fused-ring (bicyclic) bond motifs is 1. The van der Waals surface area contributed by atoms with E-state index in [1.165, 1.54) is 38.8 Å². The number of carbonyl (C=O) groups excluding carboxylic acids is 1. The number of carbonyl (C=O) groups is 1. The van der Waals surface area contributed by atoms with Gasteiger partial charge >= 0.3 is 0 Å². The van der Waals surface area contributed by atoms with Crippen molar-refractivity contribution in [3.63, 3.8) is 0 Å². The fraction of sp³-hybridized carbons (Fsp3) is 0.321. The molecule has 1 saturated heterocycles. The molecule has 0 atom stereocenters. The molecular formula is C28H31N3O6S2. The topological polar surface area (TPSA) is 104 Å². The van der Waals surface area contributed by atoms with Crippen molar-refractivity contribution < 1.29 is 26.4 Å². The number of piperazine rings is 1. The Kier molecular flexibility index (Phi) is 7.17. The lowest BCUT2D eigenvalue weighted by atomic mass is 10.1. The van der Waals surface area contributed by atoms with E-state index >= 15 is 0 Å². The van der Waals surface area contributed by atoms with Crippen LogP contribution in [0.3, 0.4) is 0 Å². The molecule has 11 heteroatoms. The quantitative estimate of drug-likeness (QED) is 0.452. The van der Waals surface area contributed by atoms with E-state index in [1.54, 1.807) is 31.2 Å². The summed E-state index contributed by atoms with van der Waals surface area (Å²) in [5.41, 5.74) is 3.38. The van der Waals surface area contributed by atoms with Crippen LogP contribution in [0.25, 0.3) is 0 Å². The number of aryl methyl sites for hydroxylation is 2. The number of ether oxygens (including phenoxy) is 1. The number of methoxy groups -OCH3 is 1. The Morgan fingerprint density at radius 2 is 1.54 bits per heavy atom. The SMILES string of the molecule is COc1ccc(S(=O)(=O)N2CCc3ccccc32)cc1C(=O)N1CCN(S(=O)(=O)c2ccc(C)cc2C)CC1. The smallest absolute Gasteiger partial charge is 0.264 e. The second-order valence-corrected chi connectivity index (χ2v) is 13.6. The summed E-state index contributed by atoms with van der Waals surface area (Å²) >= 11 is 0. The molecule has 206 valence electrons. The molecule has 2 aliphatic heterocycles. The minimum absolute atomic E-state index is 0.000543. The second-order valence-electron chi connectivity index (χ2n) is 9.78. The first-order valence-electron chi connectivity index (χ1n) is 12.7. The molecule has 0 N–H and O–H groups in total. The van der Waals surface area contributed by atoms with Crippen LogP contribution < -0.4 is 9.04 Å². The predicted molar refractivity (Wildman–Crippen MR) is 148 cm³/mol. The lowest BCUT2D eigenvalue weighted by Crippen LogP contribution is -2.50. The predicted octanol–water partition coefficient (Wildman–Crippen LogP) is 3.21. The van der Waals surface area contributed by atoms with Crippen molar-refractivity contribution in [3.8, 4) is 5.75 Å². The molecule has 0 radical (unpaired) electrons. The summed E-state index contributed by atoms with van der Waals surface area (Å²) in [5.74, 6) is -0.152. The van der Waals surface area contributed by atoms with Gasteiger partial charge in [-0.15, -0.1) is 0 Å². The maximum absolute atomic E-state index is 13.6. The number of sulfonamides is 2. The standard InChI is InChI=1S/C28H31N3O6S2/c1-20-8-11-27(21(2)18-20)39(35,36)30-16-14-29(15-17-30)28(32)24-19-23(9-10-26(24)37-3)38(33,34)31-13-12-22-6-4-5-7-25(22)31/h4-11,18-19H,12-17H2,1-3H3. The van der Waals surface area contributed by atoms with Gasteiger partial charge in [-0.1, -0.05) is 35.9 Å². The molecule has 9 nitrogen and oxygen atoms in total. The number of amides is 1. The first-order valence-corrected chi connectivity index (χ1v) is 15.6. The van der Waals surface area contributed by atoms with Gasteiger partial charge in [0.15, 0.2) is 0 Å². The normalized spacial score (nSPS) is 16.3. The summed E-state index contributed by atoms with van der Waals surface area (Å²) < 4.78 is 61.8. The highest BCUT2D eigenvalue weighted by atomic mass is 32.2. The summed E-state index contributed by atoms with van der Waals surface area (Å²) in [6.07, 6.45) is 0.618. The maximum atomic E-state index is 13.6. The fourth-order valence-corrected chi connectivity index (χ4v) is 8.39. The number of anilines is 1. The Bertz CT molecular complexity index is 1650. The van der Waals surface area contributed by atoms with Crippen LogP contribution in [0.15, 0.2) is 70.5 Å². The lowest BCUT2D eigenvalue weighted by Gasteiger charge is -2.34. The van der Waals surface area contributed by atoms with Crippen LogP contribution in [0.5, 0.6) is 5.75 Å². The van der Waals surface area contributed by atoms with Crippen LogP contribution in [-0.4, -0.2) is 71.8 Å². The molecule has 1 amide bonds. The number of hydrogen-bond acceptors (Lipinski definition) is 6. The van der Waals surface area contributed by atoms with Crippen LogP contribution in [0.1, 0.15) is 27.0 Å². The van der Waals surface area contributed by atoms with Crippen molar-refractivity contribution in [3.05, 3.63) is 82.9 Å². The molecule has 1 fully saturated rings. The first kappa shape index (κ1) is 27.2. The Labute approximate surface area is 229 Å². The number of rotatable bonds is 6. The Morgan fingerprint density at radius 1 is 0.821 bits per heavy atom. The highest BCUT2D eigenvalue weighted by Crippen LogP contribution is 2.34. The van der Waals surface area contributed by atoms with Crippen molar-refractivity contribution in [2.75, 3.05) is 44.1 Å². The summed E-state index contributed by atoms with van der Waals surface area (Å²) in [6.45, 7) is 4.61. The van der Waals surface area contributed by atoms with Gasteiger partial charge in [-0.25, -0.2) is 16.8 Å². The third kappa shape index (κ3) is 4.90. The molecule has 39 heavy (non-hydrogen) atoms. The maximum Gasteiger partial charge on any atom is 0.264 e. The van der Waals surface area contributed by atoms with E-state index < -0.39 is 26.0 Å². The van der Waals surface area contributed by atoms with Crippen LogP contribution in [0.4, 0.5) is 5.69 Å². The first-order chi connectivity index (χ1) is 18.5. The molecule has 2 aliphatic rings. The van der Waals surface area contributed by atoms with Gasteiger partial charge in [-0.05, 0) is 61.7 Å². The number of nitrogens with zero attached hydrogens (tertiary/aromatic N) is 3. The average Bonchev–Trinajstić information content (AvgIpc) is 3.37. The van der Waals surface area contributed by atoms with Crippen LogP contribution in [0.2, 0.25) is 0 Å². The largest absolute Gasteiger partial charge is 0.496 e. The minimum Gasteiger partial charge on any atom is -0.496 e. The molecule has 3 aromatic rings. The van der Waals surface area contributed by atoms with Crippen molar-refractivity contribution in [1.82, 2.24) is 9.21 Å². The van der Waals surface area contributed by atoms with Crippen molar-refractivity contribution in [2.45, 2.75) is 30.1 Å². The Hall–Kier alpha value is -3.41. The zero-order chi connectivity index (χ0) is 27.9. The second kappa shape index (κ2) is 10.3. The van der Waals surface area contributed by atoms with E-state index in [1.807, 2.05) is 25.1 Å². The van der Waals surface area contributed by atoms with Gasteiger partial charge in [0, 0.05) is 32.7 Å². The molecule has 3 aromatic carbocycles. The third-order valence-corrected chi connectivity index (χ3v) is 11.2. The van der Waals surface area contributed by atoms with Crippen molar-refractivity contribution in [2.24, 2.45) is 0 Å². The molecule has 0 aliphatic carbocycles. The molecule has 0 spiro atoms. The van der Waals surface area contributed by atoms with E-state index in [-0.39, 0.29) is 47.3 Å². The van der Waals surface area contributed by atoms with Gasteiger partial charge in [-0.2, -0.15) is 4.31 Å². The monoisotopic (exact) mass is 569 g/mol. The number of benzene rings is 3. The van der Waals surface area contributed by atoms with Gasteiger partial charge in [0.05, 0.1) is 28.2 Å². The fourth-order valence-electron chi connectivity index (χ4n) is 5.23. The van der Waals surface area contributed by atoms with Crippen molar-refractivity contribution in [1.29, 1.82) is 0 Å². The number of para-hydroxylation sites is 1. The Morgan fingerprint density at radius 3 is 2.23 bits per heavy atom. The van der Waals surface area contributed by atoms with Gasteiger partial charge < -0.3 is 9.64 Å².